The molecule has 3 heterocycles. The Bertz CT molecular complexity index is 875. The van der Waals surface area contributed by atoms with Crippen molar-refractivity contribution in [3.63, 3.8) is 0 Å². The standard InChI is InChI=1S/C23H28N4O/c1-3-4-7-22-18(2)16-27(24-22)20-10-8-19(9-11-20)23(28)26-15-12-21(17-26)25-13-5-6-14-25/h3-4,7-11,16,21H,1,5-6,12-15,17H2,2H3/b7-4-. The van der Waals surface area contributed by atoms with Crippen LogP contribution in [0.4, 0.5) is 0 Å². The first kappa shape index (κ1) is 18.7. The third kappa shape index (κ3) is 3.80. The number of nitrogens with zero attached hydrogens (tertiary/aromatic N) is 4. The molecule has 0 bridgehead atoms. The molecule has 2 aliphatic rings. The molecule has 28 heavy (non-hydrogen) atoms. The zero-order valence-corrected chi connectivity index (χ0v) is 16.6. The first-order valence-corrected chi connectivity index (χ1v) is 10.1. The Hall–Kier alpha value is -2.66. The molecule has 0 aliphatic carbocycles. The molecule has 0 saturated carbocycles. The van der Waals surface area contributed by atoms with Gasteiger partial charge >= 0.3 is 0 Å². The fourth-order valence-electron chi connectivity index (χ4n) is 4.20. The van der Waals surface area contributed by atoms with Gasteiger partial charge in [0.25, 0.3) is 5.91 Å². The van der Waals surface area contributed by atoms with Gasteiger partial charge in [-0.1, -0.05) is 18.7 Å². The van der Waals surface area contributed by atoms with Crippen LogP contribution in [-0.2, 0) is 0 Å². The number of hydrogen-bond donors (Lipinski definition) is 0. The van der Waals surface area contributed by atoms with Crippen LogP contribution < -0.4 is 0 Å². The highest BCUT2D eigenvalue weighted by Crippen LogP contribution is 2.22. The number of carbonyl (C=O) groups excluding carboxylic acids is 1. The SMILES string of the molecule is C=C/C=C\c1nn(-c2ccc(C(=O)N3CCC(N4CCCC4)C3)cc2)cc1C. The Morgan fingerprint density at radius 3 is 2.64 bits per heavy atom. The second-order valence-electron chi connectivity index (χ2n) is 7.72. The highest BCUT2D eigenvalue weighted by Gasteiger charge is 2.31. The zero-order chi connectivity index (χ0) is 19.5. The van der Waals surface area contributed by atoms with Crippen molar-refractivity contribution in [2.75, 3.05) is 26.2 Å². The Morgan fingerprint density at radius 2 is 1.93 bits per heavy atom. The van der Waals surface area contributed by atoms with E-state index >= 15 is 0 Å². The quantitative estimate of drug-likeness (QED) is 0.748. The maximum absolute atomic E-state index is 12.9. The minimum Gasteiger partial charge on any atom is -0.337 e. The van der Waals surface area contributed by atoms with Crippen LogP contribution in [0.5, 0.6) is 0 Å². The number of amides is 1. The van der Waals surface area contributed by atoms with Crippen molar-refractivity contribution in [1.82, 2.24) is 19.6 Å². The number of benzene rings is 1. The van der Waals surface area contributed by atoms with E-state index in [1.165, 1.54) is 25.9 Å². The Labute approximate surface area is 166 Å². The van der Waals surface area contributed by atoms with Crippen LogP contribution in [-0.4, -0.2) is 57.7 Å². The number of likely N-dealkylation sites (tertiary alicyclic amines) is 2. The average molecular weight is 377 g/mol. The van der Waals surface area contributed by atoms with Gasteiger partial charge in [0.1, 0.15) is 0 Å². The lowest BCUT2D eigenvalue weighted by atomic mass is 10.2. The van der Waals surface area contributed by atoms with E-state index in [2.05, 4.69) is 16.6 Å². The van der Waals surface area contributed by atoms with Gasteiger partial charge in [-0.2, -0.15) is 5.10 Å². The number of aryl methyl sites for hydroxylation is 1. The Kier molecular flexibility index (Phi) is 5.44. The van der Waals surface area contributed by atoms with Crippen molar-refractivity contribution in [1.29, 1.82) is 0 Å². The van der Waals surface area contributed by atoms with E-state index in [1.807, 2.05) is 59.1 Å². The number of allylic oxidation sites excluding steroid dienone is 2. The van der Waals surface area contributed by atoms with Crippen LogP contribution in [0.25, 0.3) is 11.8 Å². The molecule has 146 valence electrons. The molecule has 4 rings (SSSR count). The summed E-state index contributed by atoms with van der Waals surface area (Å²) >= 11 is 0. The van der Waals surface area contributed by atoms with Gasteiger partial charge < -0.3 is 4.90 Å². The zero-order valence-electron chi connectivity index (χ0n) is 16.6. The monoisotopic (exact) mass is 376 g/mol. The molecule has 2 aromatic rings. The van der Waals surface area contributed by atoms with Gasteiger partial charge in [0, 0.05) is 30.9 Å². The third-order valence-corrected chi connectivity index (χ3v) is 5.81. The molecule has 5 nitrogen and oxygen atoms in total. The first-order chi connectivity index (χ1) is 13.7. The maximum atomic E-state index is 12.9. The van der Waals surface area contributed by atoms with E-state index in [0.29, 0.717) is 6.04 Å². The van der Waals surface area contributed by atoms with Gasteiger partial charge in [-0.25, -0.2) is 4.68 Å². The van der Waals surface area contributed by atoms with Crippen LogP contribution in [0.2, 0.25) is 0 Å². The van der Waals surface area contributed by atoms with E-state index in [1.54, 1.807) is 6.08 Å². The van der Waals surface area contributed by atoms with Gasteiger partial charge in [0.2, 0.25) is 0 Å². The Balaban J connectivity index is 1.44. The van der Waals surface area contributed by atoms with E-state index < -0.39 is 0 Å². The summed E-state index contributed by atoms with van der Waals surface area (Å²) in [4.78, 5) is 17.5. The molecule has 0 N–H and O–H groups in total. The first-order valence-electron chi connectivity index (χ1n) is 10.1. The van der Waals surface area contributed by atoms with Crippen molar-refractivity contribution < 1.29 is 4.79 Å². The second kappa shape index (κ2) is 8.15. The molecule has 0 radical (unpaired) electrons. The molecule has 2 fully saturated rings. The third-order valence-electron chi connectivity index (χ3n) is 5.81. The minimum atomic E-state index is 0.138. The summed E-state index contributed by atoms with van der Waals surface area (Å²) in [6.45, 7) is 9.83. The van der Waals surface area contributed by atoms with E-state index in [0.717, 1.165) is 42.0 Å². The van der Waals surface area contributed by atoms with Crippen LogP contribution in [0.1, 0.15) is 40.9 Å². The van der Waals surface area contributed by atoms with Crippen LogP contribution >= 0.6 is 0 Å². The van der Waals surface area contributed by atoms with Crippen molar-refractivity contribution in [2.45, 2.75) is 32.2 Å². The topological polar surface area (TPSA) is 41.4 Å². The van der Waals surface area contributed by atoms with E-state index in [-0.39, 0.29) is 5.91 Å². The number of rotatable bonds is 5. The predicted octanol–water partition coefficient (Wildman–Crippen LogP) is 3.69. The van der Waals surface area contributed by atoms with Gasteiger partial charge in [0.05, 0.1) is 11.4 Å². The lowest BCUT2D eigenvalue weighted by Gasteiger charge is -2.23. The van der Waals surface area contributed by atoms with Gasteiger partial charge in [-0.15, -0.1) is 0 Å². The smallest absolute Gasteiger partial charge is 0.253 e. The molecule has 1 amide bonds. The fourth-order valence-corrected chi connectivity index (χ4v) is 4.20. The van der Waals surface area contributed by atoms with Crippen molar-refractivity contribution in [3.05, 3.63) is 66.0 Å². The molecule has 0 spiro atoms. The van der Waals surface area contributed by atoms with Gasteiger partial charge in [0.15, 0.2) is 0 Å². The van der Waals surface area contributed by atoms with Crippen molar-refractivity contribution in [3.8, 4) is 5.69 Å². The molecule has 2 aliphatic heterocycles. The molecule has 2 saturated heterocycles. The summed E-state index contributed by atoms with van der Waals surface area (Å²) in [6.07, 6.45) is 11.3. The second-order valence-corrected chi connectivity index (χ2v) is 7.72. The molecule has 1 atom stereocenters. The lowest BCUT2D eigenvalue weighted by Crippen LogP contribution is -2.37. The normalized spacial score (nSPS) is 20.3. The molecular formula is C23H28N4O. The predicted molar refractivity (Wildman–Crippen MR) is 113 cm³/mol. The summed E-state index contributed by atoms with van der Waals surface area (Å²) in [5.41, 5.74) is 3.73. The average Bonchev–Trinajstić information content (AvgIpc) is 3.46. The number of carbonyl (C=O) groups is 1. The van der Waals surface area contributed by atoms with Gasteiger partial charge in [-0.05, 0) is 75.2 Å². The minimum absolute atomic E-state index is 0.138. The summed E-state index contributed by atoms with van der Waals surface area (Å²) < 4.78 is 1.85. The van der Waals surface area contributed by atoms with Gasteiger partial charge in [-0.3, -0.25) is 9.69 Å². The maximum Gasteiger partial charge on any atom is 0.253 e. The van der Waals surface area contributed by atoms with Crippen LogP contribution in [0, 0.1) is 6.92 Å². The molecular weight excluding hydrogens is 348 g/mol. The summed E-state index contributed by atoms with van der Waals surface area (Å²) in [5.74, 6) is 0.138. The molecule has 1 unspecified atom stereocenters. The van der Waals surface area contributed by atoms with Crippen molar-refractivity contribution >= 4 is 12.0 Å². The van der Waals surface area contributed by atoms with Crippen molar-refractivity contribution in [2.24, 2.45) is 0 Å². The molecule has 5 heteroatoms. The van der Waals surface area contributed by atoms with E-state index in [9.17, 15) is 4.79 Å². The largest absolute Gasteiger partial charge is 0.337 e. The fraction of sp³-hybridized carbons (Fsp3) is 0.391. The van der Waals surface area contributed by atoms with E-state index in [4.69, 9.17) is 0 Å². The summed E-state index contributed by atoms with van der Waals surface area (Å²) in [7, 11) is 0. The molecule has 1 aromatic heterocycles. The highest BCUT2D eigenvalue weighted by atomic mass is 16.2. The molecule has 1 aromatic carbocycles. The van der Waals surface area contributed by atoms with Crippen LogP contribution in [0.15, 0.2) is 49.2 Å². The highest BCUT2D eigenvalue weighted by molar-refractivity contribution is 5.94. The summed E-state index contributed by atoms with van der Waals surface area (Å²) in [5, 5.41) is 4.60. The Morgan fingerprint density at radius 1 is 1.18 bits per heavy atom. The number of aromatic nitrogens is 2. The number of hydrogen-bond acceptors (Lipinski definition) is 3. The summed E-state index contributed by atoms with van der Waals surface area (Å²) in [6, 6.07) is 8.30. The van der Waals surface area contributed by atoms with Crippen LogP contribution in [0.3, 0.4) is 0 Å². The lowest BCUT2D eigenvalue weighted by molar-refractivity contribution is 0.0780.